The smallest absolute Gasteiger partial charge is 0.250 e. The zero-order valence-corrected chi connectivity index (χ0v) is 15.5. The summed E-state index contributed by atoms with van der Waals surface area (Å²) in [5.74, 6) is 0.00856. The average Bonchev–Trinajstić information content (AvgIpc) is 3.10. The first-order valence-electron chi connectivity index (χ1n) is 8.13. The van der Waals surface area contributed by atoms with Crippen LogP contribution in [0, 0.1) is 0 Å². The number of carbonyl (C=O) groups excluding carboxylic acids is 1. The number of hydrogen-bond acceptors (Lipinski definition) is 6. The minimum atomic E-state index is -0.542. The fraction of sp³-hybridized carbons (Fsp3) is 0.412. The minimum absolute atomic E-state index is 0.208. The van der Waals surface area contributed by atoms with Gasteiger partial charge in [0.25, 0.3) is 0 Å². The monoisotopic (exact) mass is 380 g/mol. The molecule has 2 unspecified atom stereocenters. The van der Waals surface area contributed by atoms with Gasteiger partial charge in [-0.15, -0.1) is 11.3 Å². The first-order chi connectivity index (χ1) is 12.0. The van der Waals surface area contributed by atoms with Crippen LogP contribution >= 0.6 is 22.9 Å². The second kappa shape index (κ2) is 8.14. The van der Waals surface area contributed by atoms with E-state index in [0.29, 0.717) is 22.9 Å². The number of amides is 1. The third-order valence-electron chi connectivity index (χ3n) is 4.17. The van der Waals surface area contributed by atoms with Crippen LogP contribution in [-0.2, 0) is 4.74 Å². The zero-order valence-electron chi connectivity index (χ0n) is 13.9. The molecule has 2 atom stereocenters. The Kier molecular flexibility index (Phi) is 5.90. The second-order valence-corrected chi connectivity index (χ2v) is 7.39. The molecule has 1 fully saturated rings. The Morgan fingerprint density at radius 1 is 1.64 bits per heavy atom. The summed E-state index contributed by atoms with van der Waals surface area (Å²) in [6.07, 6.45) is 1.65. The van der Waals surface area contributed by atoms with Crippen molar-refractivity contribution in [3.8, 4) is 0 Å². The molecular formula is C17H21ClN4O2S. The maximum Gasteiger partial charge on any atom is 0.250 e. The Hall–Kier alpha value is -1.67. The highest BCUT2D eigenvalue weighted by Crippen LogP contribution is 2.28. The number of primary amides is 1. The highest BCUT2D eigenvalue weighted by atomic mass is 35.5. The maximum atomic E-state index is 11.2. The maximum absolute atomic E-state index is 11.2. The van der Waals surface area contributed by atoms with Gasteiger partial charge in [-0.2, -0.15) is 0 Å². The third-order valence-corrected chi connectivity index (χ3v) is 5.44. The van der Waals surface area contributed by atoms with Gasteiger partial charge < -0.3 is 15.8 Å². The number of morpholine rings is 1. The standard InChI is InChI=1S/C17H21ClN4O2S/c1-11-10-22(4-5-24-11)14(15-3-2-6-25-15)9-21-17-13(18)7-12(8-20-17)16(19)23/h2-3,6-8,11,14H,4-5,9-10H2,1H3,(H2,19,23)(H,20,21). The lowest BCUT2D eigenvalue weighted by molar-refractivity contribution is -0.0322. The predicted octanol–water partition coefficient (Wildman–Crippen LogP) is 2.77. The zero-order chi connectivity index (χ0) is 17.8. The Morgan fingerprint density at radius 3 is 3.12 bits per heavy atom. The van der Waals surface area contributed by atoms with Crippen LogP contribution in [0.4, 0.5) is 5.82 Å². The van der Waals surface area contributed by atoms with E-state index >= 15 is 0 Å². The fourth-order valence-electron chi connectivity index (χ4n) is 2.92. The van der Waals surface area contributed by atoms with Crippen molar-refractivity contribution in [3.05, 3.63) is 45.2 Å². The van der Waals surface area contributed by atoms with Crippen LogP contribution < -0.4 is 11.1 Å². The largest absolute Gasteiger partial charge is 0.376 e. The summed E-state index contributed by atoms with van der Waals surface area (Å²) in [6, 6.07) is 5.95. The number of thiophene rings is 1. The summed E-state index contributed by atoms with van der Waals surface area (Å²) in [7, 11) is 0. The number of carbonyl (C=O) groups is 1. The number of anilines is 1. The van der Waals surface area contributed by atoms with E-state index in [0.717, 1.165) is 19.7 Å². The van der Waals surface area contributed by atoms with Gasteiger partial charge >= 0.3 is 0 Å². The molecule has 3 heterocycles. The van der Waals surface area contributed by atoms with Crippen LogP contribution in [0.2, 0.25) is 5.02 Å². The van der Waals surface area contributed by atoms with E-state index in [9.17, 15) is 4.79 Å². The quantitative estimate of drug-likeness (QED) is 0.805. The van der Waals surface area contributed by atoms with E-state index in [1.807, 2.05) is 0 Å². The second-order valence-electron chi connectivity index (χ2n) is 6.01. The van der Waals surface area contributed by atoms with Crippen LogP contribution in [-0.4, -0.2) is 48.1 Å². The fourth-order valence-corrected chi connectivity index (χ4v) is 4.01. The van der Waals surface area contributed by atoms with Gasteiger partial charge in [0.2, 0.25) is 5.91 Å². The van der Waals surface area contributed by atoms with E-state index < -0.39 is 5.91 Å². The SMILES string of the molecule is CC1CN(C(CNc2ncc(C(N)=O)cc2Cl)c2cccs2)CCO1. The lowest BCUT2D eigenvalue weighted by Gasteiger charge is -2.37. The number of nitrogens with two attached hydrogens (primary N) is 1. The molecule has 1 aliphatic rings. The molecule has 0 radical (unpaired) electrons. The number of pyridine rings is 1. The topological polar surface area (TPSA) is 80.5 Å². The number of nitrogens with one attached hydrogen (secondary N) is 1. The molecule has 25 heavy (non-hydrogen) atoms. The first-order valence-corrected chi connectivity index (χ1v) is 9.38. The lowest BCUT2D eigenvalue weighted by Crippen LogP contribution is -2.44. The van der Waals surface area contributed by atoms with Crippen molar-refractivity contribution in [2.24, 2.45) is 5.73 Å². The van der Waals surface area contributed by atoms with E-state index in [4.69, 9.17) is 22.1 Å². The predicted molar refractivity (Wildman–Crippen MR) is 100 cm³/mol. The number of nitrogens with zero attached hydrogens (tertiary/aromatic N) is 2. The van der Waals surface area contributed by atoms with Gasteiger partial charge in [0, 0.05) is 30.7 Å². The van der Waals surface area contributed by atoms with Crippen molar-refractivity contribution >= 4 is 34.7 Å². The Morgan fingerprint density at radius 2 is 2.48 bits per heavy atom. The van der Waals surface area contributed by atoms with Crippen molar-refractivity contribution < 1.29 is 9.53 Å². The van der Waals surface area contributed by atoms with Crippen molar-refractivity contribution in [3.63, 3.8) is 0 Å². The molecule has 2 aromatic heterocycles. The molecule has 0 bridgehead atoms. The first kappa shape index (κ1) is 18.1. The van der Waals surface area contributed by atoms with E-state index in [1.165, 1.54) is 17.1 Å². The molecule has 1 amide bonds. The number of hydrogen-bond donors (Lipinski definition) is 2. The molecule has 1 aliphatic heterocycles. The van der Waals surface area contributed by atoms with Gasteiger partial charge in [0.1, 0.15) is 5.82 Å². The number of rotatable bonds is 6. The van der Waals surface area contributed by atoms with Crippen LogP contribution in [0.15, 0.2) is 29.8 Å². The van der Waals surface area contributed by atoms with Crippen molar-refractivity contribution in [2.45, 2.75) is 19.1 Å². The van der Waals surface area contributed by atoms with Gasteiger partial charge in [0.05, 0.1) is 29.3 Å². The summed E-state index contributed by atoms with van der Waals surface area (Å²) in [5, 5.41) is 5.78. The van der Waals surface area contributed by atoms with E-state index in [1.54, 1.807) is 11.3 Å². The molecule has 0 spiro atoms. The van der Waals surface area contributed by atoms with E-state index in [2.05, 4.69) is 39.6 Å². The van der Waals surface area contributed by atoms with Crippen molar-refractivity contribution in [1.29, 1.82) is 0 Å². The van der Waals surface area contributed by atoms with Gasteiger partial charge in [-0.25, -0.2) is 4.98 Å². The van der Waals surface area contributed by atoms with Gasteiger partial charge in [0.15, 0.2) is 0 Å². The number of ether oxygens (including phenoxy) is 1. The molecule has 134 valence electrons. The average molecular weight is 381 g/mol. The molecule has 3 rings (SSSR count). The van der Waals surface area contributed by atoms with Crippen LogP contribution in [0.25, 0.3) is 0 Å². The molecule has 0 saturated carbocycles. The molecule has 8 heteroatoms. The Labute approximate surface area is 155 Å². The normalized spacial score (nSPS) is 19.5. The molecular weight excluding hydrogens is 360 g/mol. The van der Waals surface area contributed by atoms with Gasteiger partial charge in [-0.1, -0.05) is 17.7 Å². The number of halogens is 1. The summed E-state index contributed by atoms with van der Waals surface area (Å²) in [4.78, 5) is 19.1. The Bertz CT molecular complexity index is 725. The molecule has 0 aliphatic carbocycles. The highest BCUT2D eigenvalue weighted by Gasteiger charge is 2.26. The summed E-state index contributed by atoms with van der Waals surface area (Å²) >= 11 is 7.96. The van der Waals surface area contributed by atoms with Crippen molar-refractivity contribution in [2.75, 3.05) is 31.6 Å². The molecule has 0 aromatic carbocycles. The summed E-state index contributed by atoms with van der Waals surface area (Å²) in [6.45, 7) is 5.25. The number of aromatic nitrogens is 1. The summed E-state index contributed by atoms with van der Waals surface area (Å²) < 4.78 is 5.66. The van der Waals surface area contributed by atoms with Gasteiger partial charge in [-0.3, -0.25) is 9.69 Å². The van der Waals surface area contributed by atoms with Crippen LogP contribution in [0.5, 0.6) is 0 Å². The molecule has 1 saturated heterocycles. The van der Waals surface area contributed by atoms with Gasteiger partial charge in [-0.05, 0) is 24.4 Å². The Balaban J connectivity index is 1.74. The highest BCUT2D eigenvalue weighted by molar-refractivity contribution is 7.10. The molecule has 3 N–H and O–H groups in total. The van der Waals surface area contributed by atoms with Crippen LogP contribution in [0.1, 0.15) is 28.2 Å². The van der Waals surface area contributed by atoms with E-state index in [-0.39, 0.29) is 12.1 Å². The molecule has 6 nitrogen and oxygen atoms in total. The lowest BCUT2D eigenvalue weighted by atomic mass is 10.1. The third kappa shape index (κ3) is 4.49. The van der Waals surface area contributed by atoms with Crippen molar-refractivity contribution in [1.82, 2.24) is 9.88 Å². The minimum Gasteiger partial charge on any atom is -0.376 e. The summed E-state index contributed by atoms with van der Waals surface area (Å²) in [5.41, 5.74) is 5.55. The molecule has 2 aromatic rings. The van der Waals surface area contributed by atoms with Crippen LogP contribution in [0.3, 0.4) is 0 Å².